The summed E-state index contributed by atoms with van der Waals surface area (Å²) in [5.74, 6) is 0. The summed E-state index contributed by atoms with van der Waals surface area (Å²) in [7, 11) is 0. The maximum atomic E-state index is 5.88. The first-order valence-electron chi connectivity index (χ1n) is 6.31. The molecule has 0 heterocycles. The minimum Gasteiger partial charge on any atom is -0.329 e. The third-order valence-corrected chi connectivity index (χ3v) is 3.06. The summed E-state index contributed by atoms with van der Waals surface area (Å²) in [6.45, 7) is 7.96. The van der Waals surface area contributed by atoms with E-state index in [2.05, 4.69) is 49.5 Å². The van der Waals surface area contributed by atoms with Gasteiger partial charge in [0.1, 0.15) is 0 Å². The van der Waals surface area contributed by atoms with Crippen LogP contribution in [0.1, 0.15) is 36.1 Å². The van der Waals surface area contributed by atoms with Gasteiger partial charge in [-0.2, -0.15) is 0 Å². The van der Waals surface area contributed by atoms with E-state index < -0.39 is 0 Å². The van der Waals surface area contributed by atoms with Crippen molar-refractivity contribution in [2.24, 2.45) is 5.73 Å². The van der Waals surface area contributed by atoms with Crippen LogP contribution in [0.3, 0.4) is 0 Å². The lowest BCUT2D eigenvalue weighted by Gasteiger charge is -2.21. The van der Waals surface area contributed by atoms with Crippen LogP contribution >= 0.6 is 0 Å². The predicted octanol–water partition coefficient (Wildman–Crippen LogP) is 2.86. The summed E-state index contributed by atoms with van der Waals surface area (Å²) in [5, 5.41) is 3.53. The van der Waals surface area contributed by atoms with E-state index in [1.807, 2.05) is 6.92 Å². The number of aryl methyl sites for hydroxylation is 2. The Morgan fingerprint density at radius 2 is 1.94 bits per heavy atom. The van der Waals surface area contributed by atoms with Gasteiger partial charge in [-0.25, -0.2) is 0 Å². The third-order valence-electron chi connectivity index (χ3n) is 3.06. The zero-order chi connectivity index (χ0) is 12.7. The van der Waals surface area contributed by atoms with Gasteiger partial charge in [-0.15, -0.1) is 0 Å². The molecule has 0 saturated carbocycles. The lowest BCUT2D eigenvalue weighted by atomic mass is 9.96. The summed E-state index contributed by atoms with van der Waals surface area (Å²) in [5.41, 5.74) is 9.87. The molecule has 0 bridgehead atoms. The second-order valence-electron chi connectivity index (χ2n) is 4.41. The Hall–Kier alpha value is -1.12. The van der Waals surface area contributed by atoms with E-state index in [4.69, 9.17) is 5.73 Å². The molecule has 1 aromatic rings. The molecule has 1 atom stereocenters. The first kappa shape index (κ1) is 13.9. The molecule has 0 fully saturated rings. The zero-order valence-electron chi connectivity index (χ0n) is 11.2. The molecule has 2 heteroatoms. The Morgan fingerprint density at radius 3 is 2.47 bits per heavy atom. The van der Waals surface area contributed by atoms with Crippen molar-refractivity contribution in [3.05, 3.63) is 47.0 Å². The lowest BCUT2D eigenvalue weighted by molar-refractivity contribution is 0.543. The molecule has 1 unspecified atom stereocenters. The number of nitrogens with one attached hydrogen (secondary N) is 1. The molecule has 0 saturated heterocycles. The fourth-order valence-electron chi connectivity index (χ4n) is 2.19. The van der Waals surface area contributed by atoms with Gasteiger partial charge in [0.15, 0.2) is 0 Å². The van der Waals surface area contributed by atoms with Crippen molar-refractivity contribution >= 4 is 0 Å². The first-order chi connectivity index (χ1) is 8.20. The van der Waals surface area contributed by atoms with E-state index in [0.29, 0.717) is 6.54 Å². The normalized spacial score (nSPS) is 13.2. The van der Waals surface area contributed by atoms with Gasteiger partial charge >= 0.3 is 0 Å². The van der Waals surface area contributed by atoms with Crippen LogP contribution in [0, 0.1) is 13.8 Å². The van der Waals surface area contributed by atoms with Gasteiger partial charge in [-0.3, -0.25) is 0 Å². The number of hydrogen-bond acceptors (Lipinski definition) is 2. The van der Waals surface area contributed by atoms with Crippen molar-refractivity contribution in [1.29, 1.82) is 0 Å². The molecule has 2 nitrogen and oxygen atoms in total. The second-order valence-corrected chi connectivity index (χ2v) is 4.41. The van der Waals surface area contributed by atoms with E-state index in [-0.39, 0.29) is 6.04 Å². The van der Waals surface area contributed by atoms with E-state index >= 15 is 0 Å². The van der Waals surface area contributed by atoms with Crippen LogP contribution < -0.4 is 11.1 Å². The van der Waals surface area contributed by atoms with Crippen LogP contribution in [-0.2, 0) is 0 Å². The molecule has 0 aliphatic heterocycles. The van der Waals surface area contributed by atoms with Crippen LogP contribution in [0.2, 0.25) is 0 Å². The molecule has 0 amide bonds. The average molecular weight is 232 g/mol. The smallest absolute Gasteiger partial charge is 0.0449 e. The highest BCUT2D eigenvalue weighted by atomic mass is 14.9. The van der Waals surface area contributed by atoms with Gasteiger partial charge < -0.3 is 11.1 Å². The van der Waals surface area contributed by atoms with Crippen LogP contribution in [0.25, 0.3) is 0 Å². The number of benzene rings is 1. The summed E-state index contributed by atoms with van der Waals surface area (Å²) in [4.78, 5) is 0. The largest absolute Gasteiger partial charge is 0.329 e. The van der Waals surface area contributed by atoms with Crippen molar-refractivity contribution < 1.29 is 0 Å². The maximum absolute atomic E-state index is 5.88. The molecule has 17 heavy (non-hydrogen) atoms. The predicted molar refractivity (Wildman–Crippen MR) is 75.1 cm³/mol. The van der Waals surface area contributed by atoms with Crippen LogP contribution in [0.4, 0.5) is 0 Å². The topological polar surface area (TPSA) is 38.0 Å². The van der Waals surface area contributed by atoms with Crippen molar-refractivity contribution in [2.45, 2.75) is 33.2 Å². The Kier molecular flexibility index (Phi) is 5.95. The van der Waals surface area contributed by atoms with Crippen molar-refractivity contribution in [2.75, 3.05) is 13.1 Å². The number of hydrogen-bond donors (Lipinski definition) is 2. The highest BCUT2D eigenvalue weighted by Gasteiger charge is 2.13. The maximum Gasteiger partial charge on any atom is 0.0449 e. The minimum atomic E-state index is 0.265. The highest BCUT2D eigenvalue weighted by Crippen LogP contribution is 2.20. The quantitative estimate of drug-likeness (QED) is 0.584. The van der Waals surface area contributed by atoms with Crippen LogP contribution in [-0.4, -0.2) is 13.1 Å². The van der Waals surface area contributed by atoms with E-state index in [0.717, 1.165) is 13.0 Å². The molecule has 0 aliphatic carbocycles. The van der Waals surface area contributed by atoms with Crippen LogP contribution in [0.5, 0.6) is 0 Å². The summed E-state index contributed by atoms with van der Waals surface area (Å²) < 4.78 is 0. The lowest BCUT2D eigenvalue weighted by Crippen LogP contribution is -2.30. The average Bonchev–Trinajstić information content (AvgIpc) is 2.31. The Labute approximate surface area is 105 Å². The zero-order valence-corrected chi connectivity index (χ0v) is 11.2. The van der Waals surface area contributed by atoms with Gasteiger partial charge in [0.25, 0.3) is 0 Å². The fraction of sp³-hybridized carbons (Fsp3) is 0.467. The SMILES string of the molecule is C/C=C/CCNC(CN)c1c(C)cccc1C. The Balaban J connectivity index is 2.72. The first-order valence-corrected chi connectivity index (χ1v) is 6.31. The number of rotatable bonds is 6. The van der Waals surface area contributed by atoms with Gasteiger partial charge in [-0.1, -0.05) is 30.4 Å². The molecule has 94 valence electrons. The molecule has 1 aromatic carbocycles. The van der Waals surface area contributed by atoms with Gasteiger partial charge in [0.05, 0.1) is 0 Å². The van der Waals surface area contributed by atoms with Crippen molar-refractivity contribution in [3.8, 4) is 0 Å². The molecule has 0 aliphatic rings. The summed E-state index contributed by atoms with van der Waals surface area (Å²) >= 11 is 0. The fourth-order valence-corrected chi connectivity index (χ4v) is 2.19. The standard InChI is InChI=1S/C15H24N2/c1-4-5-6-10-17-14(11-16)15-12(2)8-7-9-13(15)3/h4-5,7-9,14,17H,6,10-11,16H2,1-3H3/b5-4+. The number of nitrogens with two attached hydrogens (primary N) is 1. The van der Waals surface area contributed by atoms with Crippen LogP contribution in [0.15, 0.2) is 30.4 Å². The molecule has 0 aromatic heterocycles. The minimum absolute atomic E-state index is 0.265. The summed E-state index contributed by atoms with van der Waals surface area (Å²) in [6.07, 6.45) is 5.31. The highest BCUT2D eigenvalue weighted by molar-refractivity contribution is 5.36. The van der Waals surface area contributed by atoms with Crippen molar-refractivity contribution in [1.82, 2.24) is 5.32 Å². The molecule has 0 spiro atoms. The van der Waals surface area contributed by atoms with Gasteiger partial charge in [0.2, 0.25) is 0 Å². The summed E-state index contributed by atoms with van der Waals surface area (Å²) in [6, 6.07) is 6.67. The Morgan fingerprint density at radius 1 is 1.29 bits per heavy atom. The second kappa shape index (κ2) is 7.25. The van der Waals surface area contributed by atoms with E-state index in [1.165, 1.54) is 16.7 Å². The molecule has 0 radical (unpaired) electrons. The molecular formula is C15H24N2. The van der Waals surface area contributed by atoms with Gasteiger partial charge in [0, 0.05) is 12.6 Å². The number of allylic oxidation sites excluding steroid dienone is 1. The molecule has 1 rings (SSSR count). The monoisotopic (exact) mass is 232 g/mol. The van der Waals surface area contributed by atoms with Gasteiger partial charge in [-0.05, 0) is 50.4 Å². The third kappa shape index (κ3) is 3.99. The van der Waals surface area contributed by atoms with Crippen molar-refractivity contribution in [3.63, 3.8) is 0 Å². The van der Waals surface area contributed by atoms with E-state index in [9.17, 15) is 0 Å². The molecule has 3 N–H and O–H groups in total. The molecular weight excluding hydrogens is 208 g/mol. The Bertz CT molecular complexity index is 349. The van der Waals surface area contributed by atoms with E-state index in [1.54, 1.807) is 0 Å².